The number of carbonyl (C=O) groups excluding carboxylic acids is 1. The molecule has 28 heavy (non-hydrogen) atoms. The molecule has 142 valence electrons. The molecule has 1 amide bonds. The molecule has 6 heteroatoms. The molecule has 0 radical (unpaired) electrons. The smallest absolute Gasteiger partial charge is 0.272 e. The third kappa shape index (κ3) is 4.35. The second-order valence-corrected chi connectivity index (χ2v) is 6.57. The van der Waals surface area contributed by atoms with Gasteiger partial charge in [-0.3, -0.25) is 4.79 Å². The first-order valence-electron chi connectivity index (χ1n) is 9.39. The van der Waals surface area contributed by atoms with E-state index in [2.05, 4.69) is 15.3 Å². The lowest BCUT2D eigenvalue weighted by Crippen LogP contribution is -2.41. The highest BCUT2D eigenvalue weighted by atomic mass is 16.5. The van der Waals surface area contributed by atoms with Crippen LogP contribution in [0.3, 0.4) is 0 Å². The van der Waals surface area contributed by atoms with E-state index in [4.69, 9.17) is 4.74 Å². The zero-order valence-corrected chi connectivity index (χ0v) is 15.5. The van der Waals surface area contributed by atoms with Crippen LogP contribution in [0.1, 0.15) is 16.1 Å². The standard InChI is InChI=1S/C22H22N4O2/c27-22(26-11-13-28-14-12-26)19-15-20(23-16-17-7-3-1-4-8-17)25-21(24-19)18-9-5-2-6-10-18/h1-10,15H,11-14,16H2,(H,23,24,25). The molecule has 0 unspecified atom stereocenters. The summed E-state index contributed by atoms with van der Waals surface area (Å²) in [7, 11) is 0. The summed E-state index contributed by atoms with van der Waals surface area (Å²) in [5.41, 5.74) is 2.41. The topological polar surface area (TPSA) is 67.4 Å². The van der Waals surface area contributed by atoms with Crippen LogP contribution < -0.4 is 5.32 Å². The highest BCUT2D eigenvalue weighted by molar-refractivity contribution is 5.93. The highest BCUT2D eigenvalue weighted by Crippen LogP contribution is 2.19. The van der Waals surface area contributed by atoms with E-state index in [0.29, 0.717) is 50.2 Å². The number of hydrogen-bond donors (Lipinski definition) is 1. The average molecular weight is 374 g/mol. The van der Waals surface area contributed by atoms with Crippen molar-refractivity contribution in [2.75, 3.05) is 31.6 Å². The molecular formula is C22H22N4O2. The van der Waals surface area contributed by atoms with Gasteiger partial charge in [0, 0.05) is 31.3 Å². The molecule has 1 aliphatic rings. The summed E-state index contributed by atoms with van der Waals surface area (Å²) in [6, 6.07) is 21.5. The van der Waals surface area contributed by atoms with E-state index in [0.717, 1.165) is 11.1 Å². The van der Waals surface area contributed by atoms with Gasteiger partial charge in [0.15, 0.2) is 5.82 Å². The van der Waals surface area contributed by atoms with E-state index in [1.807, 2.05) is 60.7 Å². The quantitative estimate of drug-likeness (QED) is 0.743. The first-order valence-corrected chi connectivity index (χ1v) is 9.39. The minimum Gasteiger partial charge on any atom is -0.378 e. The number of nitrogens with zero attached hydrogens (tertiary/aromatic N) is 3. The maximum Gasteiger partial charge on any atom is 0.272 e. The van der Waals surface area contributed by atoms with Crippen LogP contribution >= 0.6 is 0 Å². The van der Waals surface area contributed by atoms with Crippen molar-refractivity contribution in [3.8, 4) is 11.4 Å². The largest absolute Gasteiger partial charge is 0.378 e. The van der Waals surface area contributed by atoms with E-state index in [1.165, 1.54) is 0 Å². The van der Waals surface area contributed by atoms with Crippen LogP contribution in [-0.4, -0.2) is 47.1 Å². The van der Waals surface area contributed by atoms with Crippen molar-refractivity contribution in [3.63, 3.8) is 0 Å². The third-order valence-corrected chi connectivity index (χ3v) is 4.59. The van der Waals surface area contributed by atoms with E-state index >= 15 is 0 Å². The minimum atomic E-state index is -0.0920. The van der Waals surface area contributed by atoms with Gasteiger partial charge in [-0.1, -0.05) is 60.7 Å². The molecular weight excluding hydrogens is 352 g/mol. The Balaban J connectivity index is 1.63. The van der Waals surface area contributed by atoms with Crippen LogP contribution in [0.15, 0.2) is 66.7 Å². The number of amides is 1. The Bertz CT molecular complexity index is 926. The zero-order chi connectivity index (χ0) is 19.2. The van der Waals surface area contributed by atoms with Gasteiger partial charge < -0.3 is 15.0 Å². The lowest BCUT2D eigenvalue weighted by molar-refractivity contribution is 0.0299. The number of carbonyl (C=O) groups is 1. The lowest BCUT2D eigenvalue weighted by Gasteiger charge is -2.26. The second kappa shape index (κ2) is 8.63. The Morgan fingerprint density at radius 3 is 2.36 bits per heavy atom. The summed E-state index contributed by atoms with van der Waals surface area (Å²) in [6.45, 7) is 2.90. The maximum absolute atomic E-state index is 13.0. The number of hydrogen-bond acceptors (Lipinski definition) is 5. The van der Waals surface area contributed by atoms with E-state index in [9.17, 15) is 4.79 Å². The van der Waals surface area contributed by atoms with Crippen LogP contribution in [0, 0.1) is 0 Å². The first-order chi connectivity index (χ1) is 13.8. The van der Waals surface area contributed by atoms with Gasteiger partial charge in [0.05, 0.1) is 13.2 Å². The molecule has 3 aromatic rings. The fourth-order valence-corrected chi connectivity index (χ4v) is 3.08. The van der Waals surface area contributed by atoms with Gasteiger partial charge in [0.2, 0.25) is 0 Å². The van der Waals surface area contributed by atoms with E-state index in [-0.39, 0.29) is 5.91 Å². The van der Waals surface area contributed by atoms with Gasteiger partial charge in [0.25, 0.3) is 5.91 Å². The average Bonchev–Trinajstić information content (AvgIpc) is 2.79. The van der Waals surface area contributed by atoms with Gasteiger partial charge >= 0.3 is 0 Å². The zero-order valence-electron chi connectivity index (χ0n) is 15.5. The van der Waals surface area contributed by atoms with Crippen molar-refractivity contribution in [1.29, 1.82) is 0 Å². The van der Waals surface area contributed by atoms with Gasteiger partial charge in [-0.2, -0.15) is 0 Å². The Morgan fingerprint density at radius 1 is 0.964 bits per heavy atom. The Labute approximate surface area is 164 Å². The number of ether oxygens (including phenoxy) is 1. The summed E-state index contributed by atoms with van der Waals surface area (Å²) in [6.07, 6.45) is 0. The SMILES string of the molecule is O=C(c1cc(NCc2ccccc2)nc(-c2ccccc2)n1)N1CCOCC1. The number of benzene rings is 2. The predicted molar refractivity (Wildman–Crippen MR) is 108 cm³/mol. The van der Waals surface area contributed by atoms with Crippen LogP contribution in [0.4, 0.5) is 5.82 Å². The molecule has 1 aliphatic heterocycles. The fraction of sp³-hybridized carbons (Fsp3) is 0.227. The second-order valence-electron chi connectivity index (χ2n) is 6.57. The van der Waals surface area contributed by atoms with Gasteiger partial charge in [-0.05, 0) is 5.56 Å². The van der Waals surface area contributed by atoms with Crippen molar-refractivity contribution in [2.45, 2.75) is 6.54 Å². The van der Waals surface area contributed by atoms with Crippen molar-refractivity contribution >= 4 is 11.7 Å². The van der Waals surface area contributed by atoms with Gasteiger partial charge in [-0.15, -0.1) is 0 Å². The van der Waals surface area contributed by atoms with E-state index < -0.39 is 0 Å². The highest BCUT2D eigenvalue weighted by Gasteiger charge is 2.21. The minimum absolute atomic E-state index is 0.0920. The first kappa shape index (κ1) is 18.1. The summed E-state index contributed by atoms with van der Waals surface area (Å²) >= 11 is 0. The van der Waals surface area contributed by atoms with Crippen molar-refractivity contribution < 1.29 is 9.53 Å². The van der Waals surface area contributed by atoms with Crippen LogP contribution in [-0.2, 0) is 11.3 Å². The Kier molecular flexibility index (Phi) is 5.58. The lowest BCUT2D eigenvalue weighted by atomic mass is 10.2. The maximum atomic E-state index is 13.0. The molecule has 6 nitrogen and oxygen atoms in total. The fourth-order valence-electron chi connectivity index (χ4n) is 3.08. The van der Waals surface area contributed by atoms with Crippen LogP contribution in [0.25, 0.3) is 11.4 Å². The van der Waals surface area contributed by atoms with Crippen LogP contribution in [0.2, 0.25) is 0 Å². The molecule has 0 bridgehead atoms. The normalized spacial score (nSPS) is 13.9. The molecule has 0 saturated carbocycles. The molecule has 1 saturated heterocycles. The molecule has 1 N–H and O–H groups in total. The number of rotatable bonds is 5. The predicted octanol–water partition coefficient (Wildman–Crippen LogP) is 3.23. The summed E-state index contributed by atoms with van der Waals surface area (Å²) in [5.74, 6) is 1.08. The third-order valence-electron chi connectivity index (χ3n) is 4.59. The summed E-state index contributed by atoms with van der Waals surface area (Å²) < 4.78 is 5.35. The van der Waals surface area contributed by atoms with E-state index in [1.54, 1.807) is 11.0 Å². The number of nitrogens with one attached hydrogen (secondary N) is 1. The monoisotopic (exact) mass is 374 g/mol. The van der Waals surface area contributed by atoms with Gasteiger partial charge in [0.1, 0.15) is 11.5 Å². The summed E-state index contributed by atoms with van der Waals surface area (Å²) in [4.78, 5) is 23.9. The Morgan fingerprint density at radius 2 is 1.64 bits per heavy atom. The van der Waals surface area contributed by atoms with Crippen molar-refractivity contribution in [1.82, 2.24) is 14.9 Å². The number of anilines is 1. The molecule has 1 fully saturated rings. The number of morpholine rings is 1. The summed E-state index contributed by atoms with van der Waals surface area (Å²) in [5, 5.41) is 3.32. The molecule has 2 heterocycles. The molecule has 4 rings (SSSR count). The molecule has 0 aliphatic carbocycles. The molecule has 0 atom stereocenters. The molecule has 2 aromatic carbocycles. The molecule has 1 aromatic heterocycles. The molecule has 0 spiro atoms. The van der Waals surface area contributed by atoms with Crippen molar-refractivity contribution in [2.24, 2.45) is 0 Å². The van der Waals surface area contributed by atoms with Crippen molar-refractivity contribution in [3.05, 3.63) is 78.0 Å². The van der Waals surface area contributed by atoms with Crippen LogP contribution in [0.5, 0.6) is 0 Å². The Hall–Kier alpha value is -3.25. The number of aromatic nitrogens is 2. The van der Waals surface area contributed by atoms with Gasteiger partial charge in [-0.25, -0.2) is 9.97 Å².